The van der Waals surface area contributed by atoms with E-state index in [0.717, 1.165) is 5.82 Å². The zero-order valence-corrected chi connectivity index (χ0v) is 12.0. The zero-order valence-electron chi connectivity index (χ0n) is 12.0. The summed E-state index contributed by atoms with van der Waals surface area (Å²) < 4.78 is 10.5. The van der Waals surface area contributed by atoms with E-state index in [-0.39, 0.29) is 5.84 Å². The molecule has 1 heterocycles. The number of nitrogens with two attached hydrogens (primary N) is 1. The lowest BCUT2D eigenvalue weighted by atomic mass is 10.3. The Bertz CT molecular complexity index is 426. The third-order valence-electron chi connectivity index (χ3n) is 2.66. The second-order valence-corrected chi connectivity index (χ2v) is 4.09. The summed E-state index contributed by atoms with van der Waals surface area (Å²) in [6.45, 7) is 4.30. The molecular weight excluding hydrogens is 260 g/mol. The third kappa shape index (κ3) is 5.31. The van der Waals surface area contributed by atoms with Crippen molar-refractivity contribution < 1.29 is 14.7 Å². The normalized spacial score (nSPS) is 11.4. The maximum Gasteiger partial charge on any atom is 0.215 e. The first-order valence-electron chi connectivity index (χ1n) is 6.51. The Morgan fingerprint density at radius 3 is 2.90 bits per heavy atom. The Hall–Kier alpha value is -2.02. The van der Waals surface area contributed by atoms with Crippen LogP contribution in [-0.2, 0) is 4.74 Å². The minimum Gasteiger partial charge on any atom is -0.478 e. The molecule has 0 aliphatic carbocycles. The number of methoxy groups -OCH3 is 1. The summed E-state index contributed by atoms with van der Waals surface area (Å²) in [7, 11) is 1.64. The molecule has 0 aliphatic rings. The van der Waals surface area contributed by atoms with Gasteiger partial charge in [0.2, 0.25) is 5.88 Å². The van der Waals surface area contributed by atoms with E-state index < -0.39 is 0 Å². The number of amidine groups is 1. The first-order valence-corrected chi connectivity index (χ1v) is 6.51. The van der Waals surface area contributed by atoms with Crippen LogP contribution in [0.4, 0.5) is 5.82 Å². The number of rotatable bonds is 9. The van der Waals surface area contributed by atoms with Gasteiger partial charge in [0, 0.05) is 32.7 Å². The Morgan fingerprint density at radius 2 is 2.25 bits per heavy atom. The van der Waals surface area contributed by atoms with E-state index in [9.17, 15) is 0 Å². The van der Waals surface area contributed by atoms with E-state index in [1.807, 2.05) is 30.0 Å². The molecule has 0 aliphatic heterocycles. The summed E-state index contributed by atoms with van der Waals surface area (Å²) in [6, 6.07) is 5.59. The fraction of sp³-hybridized carbons (Fsp3) is 0.538. The highest BCUT2D eigenvalue weighted by Gasteiger charge is 2.10. The van der Waals surface area contributed by atoms with Crippen LogP contribution in [0.1, 0.15) is 13.3 Å². The lowest BCUT2D eigenvalue weighted by Gasteiger charge is -2.23. The van der Waals surface area contributed by atoms with Crippen molar-refractivity contribution in [1.82, 2.24) is 4.98 Å². The predicted molar refractivity (Wildman–Crippen MR) is 77.5 cm³/mol. The number of pyridine rings is 1. The van der Waals surface area contributed by atoms with Crippen LogP contribution in [-0.4, -0.2) is 49.4 Å². The largest absolute Gasteiger partial charge is 0.478 e. The summed E-state index contributed by atoms with van der Waals surface area (Å²) >= 11 is 0. The molecule has 112 valence electrons. The molecule has 3 N–H and O–H groups in total. The smallest absolute Gasteiger partial charge is 0.215 e. The molecule has 0 spiro atoms. The van der Waals surface area contributed by atoms with Crippen molar-refractivity contribution >= 4 is 11.7 Å². The number of ether oxygens (including phenoxy) is 2. The van der Waals surface area contributed by atoms with Gasteiger partial charge in [0.1, 0.15) is 11.7 Å². The van der Waals surface area contributed by atoms with E-state index in [0.29, 0.717) is 38.6 Å². The van der Waals surface area contributed by atoms with Gasteiger partial charge in [-0.3, -0.25) is 0 Å². The molecule has 0 bridgehead atoms. The highest BCUT2D eigenvalue weighted by atomic mass is 16.5. The van der Waals surface area contributed by atoms with Gasteiger partial charge < -0.3 is 25.3 Å². The summed E-state index contributed by atoms with van der Waals surface area (Å²) in [5.74, 6) is 1.54. The fourth-order valence-electron chi connectivity index (χ4n) is 1.65. The van der Waals surface area contributed by atoms with Gasteiger partial charge in [0.15, 0.2) is 0 Å². The number of anilines is 1. The number of nitrogens with zero attached hydrogens (tertiary/aromatic N) is 3. The molecule has 0 saturated heterocycles. The summed E-state index contributed by atoms with van der Waals surface area (Å²) in [5, 5.41) is 11.6. The van der Waals surface area contributed by atoms with Crippen LogP contribution in [0.5, 0.6) is 5.88 Å². The molecule has 1 rings (SSSR count). The van der Waals surface area contributed by atoms with Gasteiger partial charge in [-0.15, -0.1) is 0 Å². The molecule has 1 aromatic heterocycles. The molecule has 20 heavy (non-hydrogen) atoms. The van der Waals surface area contributed by atoms with E-state index in [1.54, 1.807) is 7.11 Å². The van der Waals surface area contributed by atoms with Crippen molar-refractivity contribution in [2.24, 2.45) is 10.9 Å². The van der Waals surface area contributed by atoms with Crippen LogP contribution in [0.15, 0.2) is 23.4 Å². The van der Waals surface area contributed by atoms with Crippen LogP contribution in [0, 0.1) is 0 Å². The second kappa shape index (κ2) is 8.98. The molecule has 7 nitrogen and oxygen atoms in total. The Labute approximate surface area is 119 Å². The maximum atomic E-state index is 8.59. The van der Waals surface area contributed by atoms with Gasteiger partial charge in [-0.25, -0.2) is 0 Å². The second-order valence-electron chi connectivity index (χ2n) is 4.09. The quantitative estimate of drug-likeness (QED) is 0.304. The molecule has 0 amide bonds. The third-order valence-corrected chi connectivity index (χ3v) is 2.66. The number of hydrogen-bond donors (Lipinski definition) is 2. The standard InChI is InChI=1S/C13H22N4O3/c1-3-20-13-6-4-5-12(15-13)17(9-10-19-2)8-7-11(14)16-18/h4-6,18H,3,7-10H2,1-2H3,(H2,14,16). The number of hydrogen-bond acceptors (Lipinski definition) is 6. The number of oxime groups is 1. The highest BCUT2D eigenvalue weighted by Crippen LogP contribution is 2.16. The lowest BCUT2D eigenvalue weighted by molar-refractivity contribution is 0.205. The summed E-state index contributed by atoms with van der Waals surface area (Å²) in [4.78, 5) is 6.43. The van der Waals surface area contributed by atoms with Crippen molar-refractivity contribution in [3.63, 3.8) is 0 Å². The van der Waals surface area contributed by atoms with Gasteiger partial charge >= 0.3 is 0 Å². The van der Waals surface area contributed by atoms with Crippen LogP contribution < -0.4 is 15.4 Å². The van der Waals surface area contributed by atoms with Crippen molar-refractivity contribution in [2.75, 3.05) is 38.3 Å². The van der Waals surface area contributed by atoms with Gasteiger partial charge in [-0.05, 0) is 13.0 Å². The fourth-order valence-corrected chi connectivity index (χ4v) is 1.65. The van der Waals surface area contributed by atoms with Gasteiger partial charge in [0.25, 0.3) is 0 Å². The minimum absolute atomic E-state index is 0.188. The van der Waals surface area contributed by atoms with Crippen LogP contribution in [0.2, 0.25) is 0 Å². The Balaban J connectivity index is 2.77. The van der Waals surface area contributed by atoms with E-state index in [2.05, 4.69) is 10.1 Å². The average molecular weight is 282 g/mol. The van der Waals surface area contributed by atoms with Gasteiger partial charge in [-0.2, -0.15) is 4.98 Å². The average Bonchev–Trinajstić information content (AvgIpc) is 2.47. The molecule has 0 saturated carbocycles. The Kier molecular flexibility index (Phi) is 7.20. The molecule has 0 fully saturated rings. The first-order chi connectivity index (χ1) is 9.71. The molecule has 0 aromatic carbocycles. The first kappa shape index (κ1) is 16.0. The van der Waals surface area contributed by atoms with Gasteiger partial charge in [-0.1, -0.05) is 11.2 Å². The van der Waals surface area contributed by atoms with Crippen molar-refractivity contribution in [1.29, 1.82) is 0 Å². The molecular formula is C13H22N4O3. The molecule has 7 heteroatoms. The SMILES string of the molecule is CCOc1cccc(N(CCOC)CCC(N)=NO)n1. The summed E-state index contributed by atoms with van der Waals surface area (Å²) in [5.41, 5.74) is 5.50. The maximum absolute atomic E-state index is 8.59. The van der Waals surface area contributed by atoms with E-state index in [1.165, 1.54) is 0 Å². The summed E-state index contributed by atoms with van der Waals surface area (Å²) in [6.07, 6.45) is 0.445. The Morgan fingerprint density at radius 1 is 1.45 bits per heavy atom. The van der Waals surface area contributed by atoms with Gasteiger partial charge in [0.05, 0.1) is 13.2 Å². The van der Waals surface area contributed by atoms with E-state index in [4.69, 9.17) is 20.4 Å². The van der Waals surface area contributed by atoms with Crippen LogP contribution in [0.25, 0.3) is 0 Å². The van der Waals surface area contributed by atoms with Crippen LogP contribution in [0.3, 0.4) is 0 Å². The monoisotopic (exact) mass is 282 g/mol. The van der Waals surface area contributed by atoms with Crippen molar-refractivity contribution in [3.05, 3.63) is 18.2 Å². The lowest BCUT2D eigenvalue weighted by Crippen LogP contribution is -2.31. The van der Waals surface area contributed by atoms with Crippen molar-refractivity contribution in [2.45, 2.75) is 13.3 Å². The predicted octanol–water partition coefficient (Wildman–Crippen LogP) is 1.07. The topological polar surface area (TPSA) is 93.2 Å². The minimum atomic E-state index is 0.188. The van der Waals surface area contributed by atoms with E-state index >= 15 is 0 Å². The molecule has 0 atom stereocenters. The zero-order chi connectivity index (χ0) is 14.8. The molecule has 1 aromatic rings. The highest BCUT2D eigenvalue weighted by molar-refractivity contribution is 5.80. The van der Waals surface area contributed by atoms with Crippen molar-refractivity contribution in [3.8, 4) is 5.88 Å². The molecule has 0 unspecified atom stereocenters. The van der Waals surface area contributed by atoms with Crippen LogP contribution >= 0.6 is 0 Å². The molecule has 0 radical (unpaired) electrons. The number of aromatic nitrogens is 1.